The van der Waals surface area contributed by atoms with Gasteiger partial charge in [-0.15, -0.1) is 0 Å². The summed E-state index contributed by atoms with van der Waals surface area (Å²) in [4.78, 5) is 24.0. The third-order valence-corrected chi connectivity index (χ3v) is 4.33. The van der Waals surface area contributed by atoms with Crippen molar-refractivity contribution in [3.8, 4) is 17.2 Å². The highest BCUT2D eigenvalue weighted by Crippen LogP contribution is 2.29. The minimum absolute atomic E-state index is 0.00575. The van der Waals surface area contributed by atoms with E-state index < -0.39 is 11.8 Å². The van der Waals surface area contributed by atoms with Crippen LogP contribution in [0.4, 0.5) is 0 Å². The third kappa shape index (κ3) is 5.57. The Hall–Kier alpha value is -3.39. The first-order valence-corrected chi connectivity index (χ1v) is 9.84. The zero-order valence-electron chi connectivity index (χ0n) is 16.7. The van der Waals surface area contributed by atoms with Crippen molar-refractivity contribution < 1.29 is 23.8 Å². The second kappa shape index (κ2) is 9.89. The van der Waals surface area contributed by atoms with E-state index in [9.17, 15) is 9.59 Å². The highest BCUT2D eigenvalue weighted by molar-refractivity contribution is 7.80. The zero-order valence-corrected chi connectivity index (χ0v) is 17.5. The highest BCUT2D eigenvalue weighted by Gasteiger charge is 2.25. The monoisotopic (exact) mass is 426 g/mol. The van der Waals surface area contributed by atoms with E-state index in [-0.39, 0.29) is 10.7 Å². The van der Waals surface area contributed by atoms with Gasteiger partial charge in [-0.1, -0.05) is 18.2 Å². The van der Waals surface area contributed by atoms with E-state index in [0.717, 1.165) is 11.3 Å². The van der Waals surface area contributed by atoms with Gasteiger partial charge < -0.3 is 14.2 Å². The van der Waals surface area contributed by atoms with E-state index in [2.05, 4.69) is 10.6 Å². The van der Waals surface area contributed by atoms with E-state index in [1.54, 1.807) is 18.2 Å². The second-order valence-corrected chi connectivity index (χ2v) is 6.86. The molecule has 2 aromatic carbocycles. The number of thiocarbonyl (C=S) groups is 1. The lowest BCUT2D eigenvalue weighted by Gasteiger charge is -2.17. The molecule has 8 heteroatoms. The number of nitrogens with one attached hydrogen (secondary N) is 2. The van der Waals surface area contributed by atoms with Crippen LogP contribution in [0.5, 0.6) is 17.2 Å². The molecule has 2 aromatic rings. The van der Waals surface area contributed by atoms with Gasteiger partial charge in [-0.3, -0.25) is 20.2 Å². The molecule has 0 aromatic heterocycles. The maximum absolute atomic E-state index is 12.0. The summed E-state index contributed by atoms with van der Waals surface area (Å²) >= 11 is 4.80. The van der Waals surface area contributed by atoms with Gasteiger partial charge >= 0.3 is 0 Å². The van der Waals surface area contributed by atoms with Crippen LogP contribution in [0.2, 0.25) is 0 Å². The Morgan fingerprint density at radius 3 is 2.37 bits per heavy atom. The molecule has 1 aliphatic heterocycles. The van der Waals surface area contributed by atoms with Crippen LogP contribution in [0, 0.1) is 6.92 Å². The van der Waals surface area contributed by atoms with Crippen LogP contribution >= 0.6 is 12.2 Å². The Kier molecular flexibility index (Phi) is 7.03. The quantitative estimate of drug-likeness (QED) is 0.292. The Labute approximate surface area is 180 Å². The molecule has 1 aliphatic rings. The number of hydrogen-bond acceptors (Lipinski definition) is 6. The smallest absolute Gasteiger partial charge is 0.263 e. The van der Waals surface area contributed by atoms with Crippen molar-refractivity contribution >= 4 is 35.2 Å². The maximum Gasteiger partial charge on any atom is 0.263 e. The summed E-state index contributed by atoms with van der Waals surface area (Å²) in [5.74, 6) is 0.750. The molecule has 2 N–H and O–H groups in total. The summed E-state index contributed by atoms with van der Waals surface area (Å²) in [5, 5.41) is 4.80. The molecule has 0 spiro atoms. The molecule has 0 unspecified atom stereocenters. The zero-order chi connectivity index (χ0) is 21.5. The van der Waals surface area contributed by atoms with Crippen molar-refractivity contribution in [2.75, 3.05) is 19.8 Å². The first kappa shape index (κ1) is 21.3. The fourth-order valence-corrected chi connectivity index (χ4v) is 2.98. The minimum Gasteiger partial charge on any atom is -0.490 e. The lowest BCUT2D eigenvalue weighted by atomic mass is 10.1. The molecule has 7 nitrogen and oxygen atoms in total. The normalized spacial score (nSPS) is 13.4. The highest BCUT2D eigenvalue weighted by atomic mass is 32.1. The van der Waals surface area contributed by atoms with Gasteiger partial charge in [0.1, 0.15) is 24.5 Å². The summed E-state index contributed by atoms with van der Waals surface area (Å²) in [6, 6.07) is 13.0. The predicted octanol–water partition coefficient (Wildman–Crippen LogP) is 2.77. The van der Waals surface area contributed by atoms with Gasteiger partial charge in [0.25, 0.3) is 11.8 Å². The SMILES string of the molecule is CCOc1cc(C=C2C(=O)NC(=S)NC2=O)ccc1OCCOc1cccc(C)c1. The molecule has 3 rings (SSSR count). The number of carbonyl (C=O) groups excluding carboxylic acids is 2. The molecule has 0 aliphatic carbocycles. The van der Waals surface area contributed by atoms with Crippen molar-refractivity contribution in [3.05, 3.63) is 59.2 Å². The molecule has 1 saturated heterocycles. The minimum atomic E-state index is -0.546. The van der Waals surface area contributed by atoms with Gasteiger partial charge in [-0.25, -0.2) is 0 Å². The van der Waals surface area contributed by atoms with Crippen LogP contribution < -0.4 is 24.8 Å². The van der Waals surface area contributed by atoms with Gasteiger partial charge in [-0.05, 0) is 67.5 Å². The number of carbonyl (C=O) groups is 2. The summed E-state index contributed by atoms with van der Waals surface area (Å²) < 4.78 is 17.1. The molecule has 2 amide bonds. The van der Waals surface area contributed by atoms with Crippen molar-refractivity contribution in [1.29, 1.82) is 0 Å². The Balaban J connectivity index is 1.67. The van der Waals surface area contributed by atoms with E-state index in [0.29, 0.717) is 36.9 Å². The Morgan fingerprint density at radius 1 is 0.933 bits per heavy atom. The lowest BCUT2D eigenvalue weighted by Crippen LogP contribution is -2.51. The van der Waals surface area contributed by atoms with Crippen molar-refractivity contribution in [3.63, 3.8) is 0 Å². The Bertz CT molecular complexity index is 981. The van der Waals surface area contributed by atoms with E-state index in [1.165, 1.54) is 6.08 Å². The predicted molar refractivity (Wildman–Crippen MR) is 117 cm³/mol. The van der Waals surface area contributed by atoms with Crippen molar-refractivity contribution in [2.24, 2.45) is 0 Å². The van der Waals surface area contributed by atoms with Crippen LogP contribution in [0.3, 0.4) is 0 Å². The molecule has 0 radical (unpaired) electrons. The van der Waals surface area contributed by atoms with Gasteiger partial charge in [0.15, 0.2) is 16.6 Å². The third-order valence-electron chi connectivity index (χ3n) is 4.12. The maximum atomic E-state index is 12.0. The number of benzene rings is 2. The van der Waals surface area contributed by atoms with Crippen LogP contribution in [-0.2, 0) is 9.59 Å². The second-order valence-electron chi connectivity index (χ2n) is 6.45. The van der Waals surface area contributed by atoms with E-state index >= 15 is 0 Å². The average molecular weight is 426 g/mol. The van der Waals surface area contributed by atoms with Crippen molar-refractivity contribution in [2.45, 2.75) is 13.8 Å². The Morgan fingerprint density at radius 2 is 1.67 bits per heavy atom. The van der Waals surface area contributed by atoms with Crippen molar-refractivity contribution in [1.82, 2.24) is 10.6 Å². The summed E-state index contributed by atoms with van der Waals surface area (Å²) in [6.07, 6.45) is 1.47. The number of amides is 2. The molecule has 1 heterocycles. The first-order valence-electron chi connectivity index (χ1n) is 9.43. The first-order chi connectivity index (χ1) is 14.5. The standard InChI is InChI=1S/C22H22N2O5S/c1-3-27-19-13-15(12-17-20(25)23-22(30)24-21(17)26)7-8-18(19)29-10-9-28-16-6-4-5-14(2)11-16/h4-8,11-13H,3,9-10H2,1-2H3,(H2,23,24,25,26,30). The fourth-order valence-electron chi connectivity index (χ4n) is 2.79. The van der Waals surface area contributed by atoms with Gasteiger partial charge in [0, 0.05) is 0 Å². The number of aryl methyl sites for hydroxylation is 1. The van der Waals surface area contributed by atoms with Crippen LogP contribution in [-0.4, -0.2) is 36.7 Å². The molecular formula is C22H22N2O5S. The molecule has 0 bridgehead atoms. The average Bonchev–Trinajstić information content (AvgIpc) is 2.69. The molecule has 30 heavy (non-hydrogen) atoms. The lowest BCUT2D eigenvalue weighted by molar-refractivity contribution is -0.123. The van der Waals surface area contributed by atoms with Gasteiger partial charge in [-0.2, -0.15) is 0 Å². The molecule has 156 valence electrons. The number of rotatable bonds is 8. The summed E-state index contributed by atoms with van der Waals surface area (Å²) in [6.45, 7) is 5.01. The molecular weight excluding hydrogens is 404 g/mol. The molecule has 0 saturated carbocycles. The van der Waals surface area contributed by atoms with E-state index in [4.69, 9.17) is 26.4 Å². The van der Waals surface area contributed by atoms with Crippen LogP contribution in [0.15, 0.2) is 48.0 Å². The van der Waals surface area contributed by atoms with Crippen LogP contribution in [0.25, 0.3) is 6.08 Å². The summed E-state index contributed by atoms with van der Waals surface area (Å²) in [7, 11) is 0. The largest absolute Gasteiger partial charge is 0.490 e. The van der Waals surface area contributed by atoms with Gasteiger partial charge in [0.2, 0.25) is 0 Å². The number of hydrogen-bond donors (Lipinski definition) is 2. The fraction of sp³-hybridized carbons (Fsp3) is 0.227. The van der Waals surface area contributed by atoms with Crippen LogP contribution in [0.1, 0.15) is 18.1 Å². The number of ether oxygens (including phenoxy) is 3. The molecule has 1 fully saturated rings. The summed E-state index contributed by atoms with van der Waals surface area (Å²) in [5.41, 5.74) is 1.71. The topological polar surface area (TPSA) is 85.9 Å². The van der Waals surface area contributed by atoms with Gasteiger partial charge in [0.05, 0.1) is 6.61 Å². The molecule has 0 atom stereocenters. The van der Waals surface area contributed by atoms with E-state index in [1.807, 2.05) is 38.1 Å².